The summed E-state index contributed by atoms with van der Waals surface area (Å²) in [4.78, 5) is 43.2. The molecule has 0 saturated heterocycles. The number of unbranched alkanes of at least 4 members (excludes halogenated alkanes) is 1. The van der Waals surface area contributed by atoms with Gasteiger partial charge in [0.2, 0.25) is 11.8 Å². The molecule has 10 N–H and O–H groups in total. The highest BCUT2D eigenvalue weighted by Crippen LogP contribution is 2.01. The molecule has 2 amide bonds. The number of amidine groups is 2. The summed E-state index contributed by atoms with van der Waals surface area (Å²) in [5.41, 5.74) is 15.0. The molecule has 2 unspecified atom stereocenters. The summed E-state index contributed by atoms with van der Waals surface area (Å²) in [6, 6.07) is -1.58. The van der Waals surface area contributed by atoms with Crippen molar-refractivity contribution in [2.45, 2.75) is 44.7 Å². The normalized spacial score (nSPS) is 13.5. The predicted molar refractivity (Wildman–Crippen MR) is 147 cm³/mol. The van der Waals surface area contributed by atoms with Gasteiger partial charge in [-0.1, -0.05) is 6.92 Å². The highest BCUT2D eigenvalue weighted by Gasteiger charge is 2.19. The molecule has 0 aromatic carbocycles. The first-order valence-corrected chi connectivity index (χ1v) is 13.3. The zero-order chi connectivity index (χ0) is 30.0. The molecule has 0 saturated carbocycles. The fourth-order valence-electron chi connectivity index (χ4n) is 3.01. The van der Waals surface area contributed by atoms with Crippen molar-refractivity contribution in [2.75, 3.05) is 79.6 Å². The number of hydrogen-bond acceptors (Lipinski definition) is 10. The van der Waals surface area contributed by atoms with Gasteiger partial charge in [0.25, 0.3) is 6.02 Å². The van der Waals surface area contributed by atoms with E-state index >= 15 is 0 Å². The van der Waals surface area contributed by atoms with Crippen molar-refractivity contribution in [1.29, 1.82) is 0 Å². The Bertz CT molecular complexity index is 769. The summed E-state index contributed by atoms with van der Waals surface area (Å²) in [6.45, 7) is 4.76. The number of ether oxygens (including phenoxy) is 5. The van der Waals surface area contributed by atoms with Gasteiger partial charge in [-0.2, -0.15) is 0 Å². The first-order chi connectivity index (χ1) is 19.2. The first-order valence-electron chi connectivity index (χ1n) is 13.3. The number of nitrogens with zero attached hydrogens (tertiary/aromatic N) is 2. The summed E-state index contributed by atoms with van der Waals surface area (Å²) in [5.74, 6) is -1.50. The van der Waals surface area contributed by atoms with Crippen LogP contribution in [0.1, 0.15) is 32.6 Å². The minimum Gasteiger partial charge on any atom is -0.480 e. The van der Waals surface area contributed by atoms with E-state index in [0.29, 0.717) is 64.6 Å². The van der Waals surface area contributed by atoms with Gasteiger partial charge < -0.3 is 56.6 Å². The maximum Gasteiger partial charge on any atom is 0.326 e. The number of methoxy groups -OCH3 is 1. The highest BCUT2D eigenvalue weighted by molar-refractivity contribution is 5.85. The Labute approximate surface area is 235 Å². The standard InChI is InChI=1S/C24H47N7O9/c1-3-18(31-24(27)36-2)22(33)29-9-11-38-12-14-39-16-20(26)28-8-10-37-13-15-40-17-21(32)30-19(23(34)35)6-4-5-7-25/h18-19H,3-17,25H2,1-2H3,(H2,26,28)(H2,27,31)(H,29,33)(H,30,32)(H,34,35)/p+1. The van der Waals surface area contributed by atoms with E-state index in [9.17, 15) is 14.4 Å². The van der Waals surface area contributed by atoms with Gasteiger partial charge in [-0.15, -0.1) is 0 Å². The van der Waals surface area contributed by atoms with Gasteiger partial charge in [0.05, 0.1) is 59.8 Å². The Kier molecular flexibility index (Phi) is 23.1. The smallest absolute Gasteiger partial charge is 0.326 e. The molecule has 0 aromatic rings. The van der Waals surface area contributed by atoms with Gasteiger partial charge in [-0.25, -0.2) is 9.79 Å². The van der Waals surface area contributed by atoms with Crippen LogP contribution in [0.3, 0.4) is 0 Å². The van der Waals surface area contributed by atoms with Gasteiger partial charge in [0.1, 0.15) is 31.1 Å². The molecular formula is C24H48N7O9+. The topological polar surface area (TPSA) is 246 Å². The Morgan fingerprint density at radius 1 is 0.950 bits per heavy atom. The van der Waals surface area contributed by atoms with Gasteiger partial charge in [-0.05, 0) is 25.7 Å². The maximum atomic E-state index is 12.0. The molecule has 0 fully saturated rings. The molecule has 16 heteroatoms. The molecule has 0 aromatic heterocycles. The van der Waals surface area contributed by atoms with Crippen LogP contribution in [0.4, 0.5) is 0 Å². The molecule has 0 spiro atoms. The van der Waals surface area contributed by atoms with E-state index in [1.165, 1.54) is 7.11 Å². The van der Waals surface area contributed by atoms with Crippen LogP contribution in [0.15, 0.2) is 9.98 Å². The number of rotatable bonds is 25. The molecule has 0 aliphatic heterocycles. The lowest BCUT2D eigenvalue weighted by Crippen LogP contribution is -2.50. The van der Waals surface area contributed by atoms with Crippen molar-refractivity contribution in [1.82, 2.24) is 10.6 Å². The van der Waals surface area contributed by atoms with Gasteiger partial charge in [0.15, 0.2) is 0 Å². The summed E-state index contributed by atoms with van der Waals surface area (Å²) >= 11 is 0. The molecule has 16 nitrogen and oxygen atoms in total. The molecule has 40 heavy (non-hydrogen) atoms. The zero-order valence-electron chi connectivity index (χ0n) is 23.7. The van der Waals surface area contributed by atoms with Crippen molar-refractivity contribution < 1.29 is 48.9 Å². The Hall–Kier alpha value is -3.05. The summed E-state index contributed by atoms with van der Waals surface area (Å²) in [5, 5.41) is 14.3. The summed E-state index contributed by atoms with van der Waals surface area (Å²) in [7, 11) is 1.38. The number of nitrogens with one attached hydrogen (secondary N) is 2. The number of carboxylic acids is 1. The van der Waals surface area contributed by atoms with Crippen molar-refractivity contribution in [3.63, 3.8) is 0 Å². The van der Waals surface area contributed by atoms with E-state index < -0.39 is 24.0 Å². The molecule has 2 atom stereocenters. The number of hydrogen-bond donors (Lipinski definition) is 6. The average Bonchev–Trinajstić information content (AvgIpc) is 2.93. The van der Waals surface area contributed by atoms with Crippen LogP contribution >= 0.6 is 0 Å². The third-order valence-corrected chi connectivity index (χ3v) is 5.13. The third kappa shape index (κ3) is 20.9. The van der Waals surface area contributed by atoms with E-state index in [1.807, 2.05) is 6.92 Å². The fourth-order valence-corrected chi connectivity index (χ4v) is 3.01. The number of amides is 2. The van der Waals surface area contributed by atoms with Gasteiger partial charge in [0, 0.05) is 6.54 Å². The van der Waals surface area contributed by atoms with Gasteiger partial charge >= 0.3 is 5.97 Å². The molecule has 232 valence electrons. The number of aliphatic carboxylic acids is 1. The lowest BCUT2D eigenvalue weighted by Gasteiger charge is -2.14. The molecule has 0 heterocycles. The second-order valence-electron chi connectivity index (χ2n) is 8.40. The van der Waals surface area contributed by atoms with E-state index in [0.717, 1.165) is 13.0 Å². The number of carbonyl (C=O) groups is 3. The van der Waals surface area contributed by atoms with Crippen molar-refractivity contribution in [3.05, 3.63) is 0 Å². The summed E-state index contributed by atoms with van der Waals surface area (Å²) < 4.78 is 26.1. The summed E-state index contributed by atoms with van der Waals surface area (Å²) in [6.07, 6.45) is 2.32. The van der Waals surface area contributed by atoms with Crippen molar-refractivity contribution in [3.8, 4) is 0 Å². The monoisotopic (exact) mass is 578 g/mol. The van der Waals surface area contributed by atoms with Crippen LogP contribution in [0.5, 0.6) is 0 Å². The third-order valence-electron chi connectivity index (χ3n) is 5.13. The predicted octanol–water partition coefficient (Wildman–Crippen LogP) is -2.75. The lowest BCUT2D eigenvalue weighted by molar-refractivity contribution is -0.368. The Balaban J connectivity index is 3.74. The SMILES string of the molecule is CCC(N=C(N)OC)C(=O)NCCOCCOCC(N)=NCCOCCOCC(=O)NC(CCCC[NH3+])C(=O)O. The zero-order valence-corrected chi connectivity index (χ0v) is 23.7. The van der Waals surface area contributed by atoms with E-state index in [-0.39, 0.29) is 38.4 Å². The minimum absolute atomic E-state index is 0.0417. The fraction of sp³-hybridized carbons (Fsp3) is 0.792. The molecule has 0 aliphatic rings. The molecule has 0 aliphatic carbocycles. The molecule has 0 rings (SSSR count). The van der Waals surface area contributed by atoms with E-state index in [4.69, 9.17) is 40.3 Å². The number of carbonyl (C=O) groups excluding carboxylic acids is 2. The number of aliphatic imine (C=N–C) groups is 2. The number of carboxylic acid groups (broad SMARTS) is 1. The lowest BCUT2D eigenvalue weighted by atomic mass is 10.1. The van der Waals surface area contributed by atoms with Crippen molar-refractivity contribution >= 4 is 29.6 Å². The van der Waals surface area contributed by atoms with Crippen LogP contribution in [0, 0.1) is 0 Å². The van der Waals surface area contributed by atoms with E-state index in [1.54, 1.807) is 0 Å². The molecule has 0 radical (unpaired) electrons. The second-order valence-corrected chi connectivity index (χ2v) is 8.40. The number of quaternary nitrogens is 1. The Morgan fingerprint density at radius 2 is 1.60 bits per heavy atom. The molecular weight excluding hydrogens is 530 g/mol. The quantitative estimate of drug-likeness (QED) is 0.0368. The number of nitrogens with two attached hydrogens (primary N) is 2. The average molecular weight is 579 g/mol. The van der Waals surface area contributed by atoms with E-state index in [2.05, 4.69) is 26.4 Å². The Morgan fingerprint density at radius 3 is 2.23 bits per heavy atom. The first kappa shape index (κ1) is 37.0. The van der Waals surface area contributed by atoms with Crippen LogP contribution in [0.25, 0.3) is 0 Å². The highest BCUT2D eigenvalue weighted by atomic mass is 16.5. The van der Waals surface area contributed by atoms with Crippen LogP contribution in [-0.2, 0) is 38.1 Å². The van der Waals surface area contributed by atoms with Crippen LogP contribution in [-0.4, -0.2) is 126 Å². The van der Waals surface area contributed by atoms with Crippen LogP contribution in [0.2, 0.25) is 0 Å². The second kappa shape index (κ2) is 25.0. The van der Waals surface area contributed by atoms with Crippen molar-refractivity contribution in [2.24, 2.45) is 21.5 Å². The minimum atomic E-state index is -1.07. The largest absolute Gasteiger partial charge is 0.480 e. The maximum absolute atomic E-state index is 12.0. The van der Waals surface area contributed by atoms with Gasteiger partial charge in [-0.3, -0.25) is 14.6 Å². The molecule has 0 bridgehead atoms. The van der Waals surface area contributed by atoms with Crippen LogP contribution < -0.4 is 27.8 Å².